The lowest BCUT2D eigenvalue weighted by molar-refractivity contribution is -0.114. The van der Waals surface area contributed by atoms with Crippen molar-refractivity contribution in [3.05, 3.63) is 72.1 Å². The Morgan fingerprint density at radius 2 is 1.88 bits per heavy atom. The van der Waals surface area contributed by atoms with Gasteiger partial charge in [-0.05, 0) is 31.2 Å². The maximum absolute atomic E-state index is 13.8. The zero-order valence-electron chi connectivity index (χ0n) is 18.6. The molecule has 0 spiro atoms. The van der Waals surface area contributed by atoms with Crippen molar-refractivity contribution in [2.24, 2.45) is 0 Å². The minimum Gasteiger partial charge on any atom is -0.494 e. The van der Waals surface area contributed by atoms with E-state index in [0.29, 0.717) is 22.7 Å². The number of halogens is 1. The summed E-state index contributed by atoms with van der Waals surface area (Å²) in [4.78, 5) is 34.7. The van der Waals surface area contributed by atoms with Crippen molar-refractivity contribution in [1.29, 1.82) is 0 Å². The molecule has 2 aromatic heterocycles. The van der Waals surface area contributed by atoms with Gasteiger partial charge in [0.1, 0.15) is 5.69 Å². The van der Waals surface area contributed by atoms with Crippen LogP contribution in [0.4, 0.5) is 15.8 Å². The van der Waals surface area contributed by atoms with Crippen molar-refractivity contribution in [1.82, 2.24) is 14.4 Å². The Morgan fingerprint density at radius 3 is 2.55 bits per heavy atom. The second-order valence-corrected chi connectivity index (χ2v) is 7.49. The topological polar surface area (TPSA) is 88.8 Å². The predicted molar refractivity (Wildman–Crippen MR) is 123 cm³/mol. The Hall–Kier alpha value is -4.27. The van der Waals surface area contributed by atoms with E-state index in [1.54, 1.807) is 38.5 Å². The quantitative estimate of drug-likeness (QED) is 0.498. The van der Waals surface area contributed by atoms with Crippen LogP contribution in [-0.4, -0.2) is 40.3 Å². The summed E-state index contributed by atoms with van der Waals surface area (Å²) >= 11 is 0. The molecule has 0 aliphatic rings. The molecule has 0 aliphatic heterocycles. The summed E-state index contributed by atoms with van der Waals surface area (Å²) in [6.45, 7) is 3.23. The molecule has 2 amide bonds. The highest BCUT2D eigenvalue weighted by Crippen LogP contribution is 2.26. The van der Waals surface area contributed by atoms with Gasteiger partial charge in [-0.3, -0.25) is 14.0 Å². The van der Waals surface area contributed by atoms with E-state index >= 15 is 0 Å². The van der Waals surface area contributed by atoms with E-state index in [2.05, 4.69) is 15.3 Å². The average molecular weight is 447 g/mol. The zero-order chi connectivity index (χ0) is 23.7. The van der Waals surface area contributed by atoms with Crippen LogP contribution in [0.2, 0.25) is 0 Å². The Morgan fingerprint density at radius 1 is 1.15 bits per heavy atom. The summed E-state index contributed by atoms with van der Waals surface area (Å²) in [6.07, 6.45) is 3.34. The molecule has 0 aliphatic carbocycles. The van der Waals surface area contributed by atoms with E-state index < -0.39 is 5.82 Å². The molecular formula is C24H22FN5O3. The third-order valence-corrected chi connectivity index (χ3v) is 5.21. The number of rotatable bonds is 5. The number of aromatic nitrogens is 3. The van der Waals surface area contributed by atoms with Crippen LogP contribution in [0.1, 0.15) is 23.1 Å². The van der Waals surface area contributed by atoms with Gasteiger partial charge in [-0.25, -0.2) is 14.4 Å². The molecule has 4 aromatic rings. The fraction of sp³-hybridized carbons (Fsp3) is 0.167. The van der Waals surface area contributed by atoms with Gasteiger partial charge in [0.05, 0.1) is 24.7 Å². The summed E-state index contributed by atoms with van der Waals surface area (Å²) in [6, 6.07) is 11.5. The molecule has 33 heavy (non-hydrogen) atoms. The standard InChI is InChI=1S/C24H22FN5O3/c1-14-23-26-12-21(16-5-7-17(8-6-16)28-15(2)31)30(23)13-20(27-14)24(32)29(3)18-9-10-19(25)22(11-18)33-4/h5-13H,1-4H3,(H,28,31). The largest absolute Gasteiger partial charge is 0.494 e. The Balaban J connectivity index is 1.71. The molecule has 0 saturated carbocycles. The SMILES string of the molecule is COc1cc(N(C)C(=O)c2cn3c(-c4ccc(NC(C)=O)cc4)cnc3c(C)n2)ccc1F. The van der Waals surface area contributed by atoms with Crippen LogP contribution >= 0.6 is 0 Å². The number of aryl methyl sites for hydroxylation is 1. The second kappa shape index (κ2) is 8.70. The molecule has 1 N–H and O–H groups in total. The van der Waals surface area contributed by atoms with Crippen LogP contribution in [0.3, 0.4) is 0 Å². The van der Waals surface area contributed by atoms with E-state index in [4.69, 9.17) is 4.74 Å². The number of nitrogens with zero attached hydrogens (tertiary/aromatic N) is 4. The summed E-state index contributed by atoms with van der Waals surface area (Å²) in [5.74, 6) is -0.976. The van der Waals surface area contributed by atoms with Crippen molar-refractivity contribution >= 4 is 28.8 Å². The molecule has 8 nitrogen and oxygen atoms in total. The van der Waals surface area contributed by atoms with Crippen molar-refractivity contribution in [2.75, 3.05) is 24.4 Å². The van der Waals surface area contributed by atoms with Crippen LogP contribution in [0.5, 0.6) is 5.75 Å². The number of carbonyl (C=O) groups excluding carboxylic acids is 2. The van der Waals surface area contributed by atoms with Crippen LogP contribution < -0.4 is 15.0 Å². The normalized spacial score (nSPS) is 10.8. The lowest BCUT2D eigenvalue weighted by Crippen LogP contribution is -2.27. The molecule has 0 bridgehead atoms. The van der Waals surface area contributed by atoms with Crippen molar-refractivity contribution in [3.63, 3.8) is 0 Å². The fourth-order valence-corrected chi connectivity index (χ4v) is 3.53. The fourth-order valence-electron chi connectivity index (χ4n) is 3.53. The highest BCUT2D eigenvalue weighted by Gasteiger charge is 2.20. The monoisotopic (exact) mass is 447 g/mol. The third kappa shape index (κ3) is 4.25. The third-order valence-electron chi connectivity index (χ3n) is 5.21. The first-order chi connectivity index (χ1) is 15.8. The molecule has 0 fully saturated rings. The molecule has 4 rings (SSSR count). The van der Waals surface area contributed by atoms with Gasteiger partial charge < -0.3 is 15.0 Å². The lowest BCUT2D eigenvalue weighted by atomic mass is 10.1. The minimum atomic E-state index is -0.509. The highest BCUT2D eigenvalue weighted by atomic mass is 19.1. The number of nitrogens with one attached hydrogen (secondary N) is 1. The minimum absolute atomic E-state index is 0.0475. The van der Waals surface area contributed by atoms with Gasteiger partial charge in [0.15, 0.2) is 17.2 Å². The number of imidazole rings is 1. The van der Waals surface area contributed by atoms with Gasteiger partial charge in [0.25, 0.3) is 5.91 Å². The maximum atomic E-state index is 13.8. The van der Waals surface area contributed by atoms with Crippen LogP contribution in [0.25, 0.3) is 16.9 Å². The zero-order valence-corrected chi connectivity index (χ0v) is 18.6. The number of ether oxygens (including phenoxy) is 1. The number of methoxy groups -OCH3 is 1. The molecule has 0 atom stereocenters. The van der Waals surface area contributed by atoms with E-state index in [1.165, 1.54) is 37.1 Å². The van der Waals surface area contributed by atoms with Gasteiger partial charge in [-0.2, -0.15) is 0 Å². The smallest absolute Gasteiger partial charge is 0.278 e. The number of anilines is 2. The van der Waals surface area contributed by atoms with E-state index in [0.717, 1.165) is 11.3 Å². The average Bonchev–Trinajstić information content (AvgIpc) is 3.23. The van der Waals surface area contributed by atoms with E-state index in [-0.39, 0.29) is 23.3 Å². The molecule has 9 heteroatoms. The molecule has 2 aromatic carbocycles. The first-order valence-electron chi connectivity index (χ1n) is 10.1. The Bertz CT molecular complexity index is 1360. The number of amides is 2. The number of carbonyl (C=O) groups is 2. The van der Waals surface area contributed by atoms with Gasteiger partial charge in [-0.1, -0.05) is 12.1 Å². The van der Waals surface area contributed by atoms with E-state index in [1.807, 2.05) is 16.5 Å². The summed E-state index contributed by atoms with van der Waals surface area (Å²) in [5.41, 5.74) is 4.20. The number of hydrogen-bond acceptors (Lipinski definition) is 5. The summed E-state index contributed by atoms with van der Waals surface area (Å²) in [5, 5.41) is 2.73. The Kier molecular flexibility index (Phi) is 5.78. The summed E-state index contributed by atoms with van der Waals surface area (Å²) < 4.78 is 20.6. The molecule has 168 valence electrons. The lowest BCUT2D eigenvalue weighted by Gasteiger charge is -2.18. The van der Waals surface area contributed by atoms with Crippen molar-refractivity contribution < 1.29 is 18.7 Å². The number of hydrogen-bond donors (Lipinski definition) is 1. The Labute approximate surface area is 189 Å². The van der Waals surface area contributed by atoms with Crippen LogP contribution in [0, 0.1) is 12.7 Å². The first-order valence-corrected chi connectivity index (χ1v) is 10.1. The van der Waals surface area contributed by atoms with Crippen molar-refractivity contribution in [2.45, 2.75) is 13.8 Å². The number of fused-ring (bicyclic) bond motifs is 1. The van der Waals surface area contributed by atoms with E-state index in [9.17, 15) is 14.0 Å². The van der Waals surface area contributed by atoms with Crippen molar-refractivity contribution in [3.8, 4) is 17.0 Å². The maximum Gasteiger partial charge on any atom is 0.278 e. The summed E-state index contributed by atoms with van der Waals surface area (Å²) in [7, 11) is 2.96. The molecule has 0 unspecified atom stereocenters. The molecule has 2 heterocycles. The molecule has 0 radical (unpaired) electrons. The number of benzene rings is 2. The first kappa shape index (κ1) is 21.9. The predicted octanol–water partition coefficient (Wildman–Crippen LogP) is 4.09. The van der Waals surface area contributed by atoms with Gasteiger partial charge in [-0.15, -0.1) is 0 Å². The van der Waals surface area contributed by atoms with Crippen LogP contribution in [-0.2, 0) is 4.79 Å². The second-order valence-electron chi connectivity index (χ2n) is 7.49. The van der Waals surface area contributed by atoms with Gasteiger partial charge in [0.2, 0.25) is 5.91 Å². The van der Waals surface area contributed by atoms with Gasteiger partial charge in [0, 0.05) is 43.2 Å². The highest BCUT2D eigenvalue weighted by molar-refractivity contribution is 6.04. The van der Waals surface area contributed by atoms with Crippen LogP contribution in [0.15, 0.2) is 54.9 Å². The van der Waals surface area contributed by atoms with Gasteiger partial charge >= 0.3 is 0 Å². The molecular weight excluding hydrogens is 425 g/mol. The molecule has 0 saturated heterocycles.